The Bertz CT molecular complexity index is 323. The monoisotopic (exact) mass is 442 g/mol. The summed E-state index contributed by atoms with van der Waals surface area (Å²) in [5.41, 5.74) is 15.5. The lowest BCUT2D eigenvalue weighted by atomic mass is 10.0. The molecule has 5 heteroatoms. The van der Waals surface area contributed by atoms with Crippen LogP contribution in [0.5, 0.6) is 0 Å². The lowest BCUT2D eigenvalue weighted by Crippen LogP contribution is -2.27. The predicted molar refractivity (Wildman–Crippen MR) is 138 cm³/mol. The quantitative estimate of drug-likeness (QED) is 0.142. The summed E-state index contributed by atoms with van der Waals surface area (Å²) in [6, 6.07) is 0. The second-order valence-corrected chi connectivity index (χ2v) is 8.91. The fourth-order valence-electron chi connectivity index (χ4n) is 3.71. The van der Waals surface area contributed by atoms with Gasteiger partial charge in [-0.05, 0) is 6.42 Å². The number of nitrogens with one attached hydrogen (secondary N) is 1. The van der Waals surface area contributed by atoms with Gasteiger partial charge in [-0.3, -0.25) is 4.79 Å². The molecule has 0 heterocycles. The molecule has 0 fully saturated rings. The summed E-state index contributed by atoms with van der Waals surface area (Å²) in [6.07, 6.45) is 26.8. The number of hydrogen-bond acceptors (Lipinski definition) is 4. The molecule has 0 saturated heterocycles. The summed E-state index contributed by atoms with van der Waals surface area (Å²) in [5.74, 6) is -0.151. The molecule has 0 aromatic carbocycles. The molecule has 0 bridgehead atoms. The van der Waals surface area contributed by atoms with Gasteiger partial charge in [-0.2, -0.15) is 0 Å². The van der Waals surface area contributed by atoms with Crippen molar-refractivity contribution < 1.29 is 4.79 Å². The van der Waals surface area contributed by atoms with Crippen LogP contribution in [-0.4, -0.2) is 32.1 Å². The average Bonchev–Trinajstić information content (AvgIpc) is 2.76. The van der Waals surface area contributed by atoms with Gasteiger partial charge in [-0.15, -0.1) is 0 Å². The first-order chi connectivity index (χ1) is 15.2. The molecule has 0 aromatic rings. The Balaban J connectivity index is 0. The minimum absolute atomic E-state index is 0.151. The van der Waals surface area contributed by atoms with Crippen LogP contribution in [0.25, 0.3) is 0 Å². The van der Waals surface area contributed by atoms with E-state index in [0.717, 1.165) is 19.5 Å². The van der Waals surface area contributed by atoms with Crippen LogP contribution in [0.15, 0.2) is 0 Å². The first-order valence-corrected chi connectivity index (χ1v) is 13.6. The number of nitrogens with two attached hydrogens (primary N) is 3. The van der Waals surface area contributed by atoms with Gasteiger partial charge in [-0.1, -0.05) is 122 Å². The van der Waals surface area contributed by atoms with Gasteiger partial charge in [0.2, 0.25) is 5.91 Å². The van der Waals surface area contributed by atoms with Crippen molar-refractivity contribution in [3.63, 3.8) is 0 Å². The highest BCUT2D eigenvalue weighted by molar-refractivity contribution is 5.73. The summed E-state index contributed by atoms with van der Waals surface area (Å²) >= 11 is 0. The molecule has 0 aliphatic carbocycles. The molecule has 31 heavy (non-hydrogen) atoms. The Kier molecular flexibility index (Phi) is 33.1. The Hall–Kier alpha value is -0.650. The molecule has 7 N–H and O–H groups in total. The van der Waals surface area contributed by atoms with Crippen molar-refractivity contribution in [1.82, 2.24) is 5.32 Å². The zero-order chi connectivity index (χ0) is 23.3. The van der Waals surface area contributed by atoms with E-state index in [1.165, 1.54) is 116 Å². The lowest BCUT2D eigenvalue weighted by Gasteiger charge is -2.03. The van der Waals surface area contributed by atoms with E-state index in [1.54, 1.807) is 0 Å². The van der Waals surface area contributed by atoms with E-state index in [4.69, 9.17) is 17.2 Å². The fraction of sp³-hybridized carbons (Fsp3) is 0.962. The minimum atomic E-state index is -0.151. The maximum Gasteiger partial charge on any atom is 0.217 e. The van der Waals surface area contributed by atoms with Crippen LogP contribution in [0.2, 0.25) is 0 Å². The van der Waals surface area contributed by atoms with Gasteiger partial charge in [0.1, 0.15) is 0 Å². The molecule has 0 saturated carbocycles. The molecule has 0 rings (SSSR count). The maximum absolute atomic E-state index is 10.6. The van der Waals surface area contributed by atoms with E-state index in [-0.39, 0.29) is 5.91 Å². The SMILES string of the molecule is CCCCCCCCCCCCCCCCCCCCCC(N)=O.NCCNCCN. The molecular weight excluding hydrogens is 384 g/mol. The first kappa shape index (κ1) is 32.5. The standard InChI is InChI=1S/C22H45NO.C4H13N3/c1-2-3-4-5-6-7-8-9-10-11-12-13-14-15-16-17-18-19-20-21-22(23)24;5-1-3-7-4-2-6/h2-21H2,1H3,(H2,23,24);7H,1-6H2. The average molecular weight is 443 g/mol. The van der Waals surface area contributed by atoms with Crippen molar-refractivity contribution in [2.45, 2.75) is 135 Å². The van der Waals surface area contributed by atoms with E-state index < -0.39 is 0 Å². The van der Waals surface area contributed by atoms with Gasteiger partial charge in [0.15, 0.2) is 0 Å². The fourth-order valence-corrected chi connectivity index (χ4v) is 3.71. The zero-order valence-corrected chi connectivity index (χ0v) is 21.1. The van der Waals surface area contributed by atoms with Crippen LogP contribution >= 0.6 is 0 Å². The first-order valence-electron chi connectivity index (χ1n) is 13.6. The molecule has 0 unspecified atom stereocenters. The Morgan fingerprint density at radius 2 is 0.839 bits per heavy atom. The molecule has 0 atom stereocenters. The topological polar surface area (TPSA) is 107 Å². The maximum atomic E-state index is 10.6. The number of carbonyl (C=O) groups excluding carboxylic acids is 1. The highest BCUT2D eigenvalue weighted by atomic mass is 16.1. The van der Waals surface area contributed by atoms with Crippen LogP contribution in [0.3, 0.4) is 0 Å². The van der Waals surface area contributed by atoms with Crippen molar-refractivity contribution in [3.05, 3.63) is 0 Å². The minimum Gasteiger partial charge on any atom is -0.370 e. The summed E-state index contributed by atoms with van der Waals surface area (Å²) in [7, 11) is 0. The van der Waals surface area contributed by atoms with Crippen molar-refractivity contribution in [2.24, 2.45) is 17.2 Å². The number of unbranched alkanes of at least 4 members (excludes halogenated alkanes) is 18. The van der Waals surface area contributed by atoms with Crippen LogP contribution in [0.4, 0.5) is 0 Å². The molecule has 0 radical (unpaired) electrons. The largest absolute Gasteiger partial charge is 0.370 e. The summed E-state index contributed by atoms with van der Waals surface area (Å²) in [6.45, 7) is 5.42. The van der Waals surface area contributed by atoms with Crippen LogP contribution in [-0.2, 0) is 4.79 Å². The van der Waals surface area contributed by atoms with Crippen LogP contribution < -0.4 is 22.5 Å². The van der Waals surface area contributed by atoms with E-state index in [0.29, 0.717) is 19.5 Å². The molecule has 0 aromatic heterocycles. The van der Waals surface area contributed by atoms with Crippen molar-refractivity contribution in [2.75, 3.05) is 26.2 Å². The molecule has 188 valence electrons. The molecule has 0 spiro atoms. The van der Waals surface area contributed by atoms with Crippen LogP contribution in [0, 0.1) is 0 Å². The third kappa shape index (κ3) is 37.0. The Morgan fingerprint density at radius 3 is 1.10 bits per heavy atom. The number of carbonyl (C=O) groups is 1. The normalized spacial score (nSPS) is 10.7. The number of primary amides is 1. The van der Waals surface area contributed by atoms with Gasteiger partial charge in [0.25, 0.3) is 0 Å². The van der Waals surface area contributed by atoms with E-state index in [2.05, 4.69) is 12.2 Å². The molecular formula is C26H58N4O. The smallest absolute Gasteiger partial charge is 0.217 e. The third-order valence-corrected chi connectivity index (χ3v) is 5.67. The third-order valence-electron chi connectivity index (χ3n) is 5.67. The van der Waals surface area contributed by atoms with Gasteiger partial charge < -0.3 is 22.5 Å². The summed E-state index contributed by atoms with van der Waals surface area (Å²) in [4.78, 5) is 10.6. The number of amides is 1. The van der Waals surface area contributed by atoms with Gasteiger partial charge in [-0.25, -0.2) is 0 Å². The highest BCUT2D eigenvalue weighted by Gasteiger charge is 1.96. The zero-order valence-electron chi connectivity index (χ0n) is 21.1. The number of hydrogen-bond donors (Lipinski definition) is 4. The second kappa shape index (κ2) is 31.5. The Labute approximate surface area is 195 Å². The van der Waals surface area contributed by atoms with Crippen molar-refractivity contribution in [3.8, 4) is 0 Å². The number of rotatable bonds is 24. The van der Waals surface area contributed by atoms with Gasteiger partial charge >= 0.3 is 0 Å². The molecule has 1 amide bonds. The Morgan fingerprint density at radius 1 is 0.548 bits per heavy atom. The van der Waals surface area contributed by atoms with E-state index >= 15 is 0 Å². The predicted octanol–water partition coefficient (Wildman–Crippen LogP) is 5.79. The van der Waals surface area contributed by atoms with Gasteiger partial charge in [0.05, 0.1) is 0 Å². The van der Waals surface area contributed by atoms with Crippen molar-refractivity contribution in [1.29, 1.82) is 0 Å². The van der Waals surface area contributed by atoms with Crippen LogP contribution in [0.1, 0.15) is 135 Å². The molecule has 5 nitrogen and oxygen atoms in total. The second-order valence-electron chi connectivity index (χ2n) is 8.91. The summed E-state index contributed by atoms with van der Waals surface area (Å²) < 4.78 is 0. The molecule has 0 aliphatic rings. The highest BCUT2D eigenvalue weighted by Crippen LogP contribution is 2.14. The van der Waals surface area contributed by atoms with E-state index in [9.17, 15) is 4.79 Å². The lowest BCUT2D eigenvalue weighted by molar-refractivity contribution is -0.118. The van der Waals surface area contributed by atoms with Crippen molar-refractivity contribution >= 4 is 5.91 Å². The molecule has 0 aliphatic heterocycles. The van der Waals surface area contributed by atoms with E-state index in [1.807, 2.05) is 0 Å². The summed E-state index contributed by atoms with van der Waals surface area (Å²) in [5, 5.41) is 3.03. The van der Waals surface area contributed by atoms with Gasteiger partial charge in [0, 0.05) is 32.6 Å².